The second kappa shape index (κ2) is 5.46. The number of nitrogens with one attached hydrogen (secondary N) is 3. The molecule has 6 nitrogen and oxygen atoms in total. The number of hydrogen-bond acceptors (Lipinski definition) is 4. The summed E-state index contributed by atoms with van der Waals surface area (Å²) >= 11 is 0. The Balaban J connectivity index is 1.88. The number of carbonyl (C=O) groups is 2. The minimum atomic E-state index is -0.153. The first-order chi connectivity index (χ1) is 8.16. The topological polar surface area (TPSA) is 73.5 Å². The fourth-order valence-corrected chi connectivity index (χ4v) is 2.16. The van der Waals surface area contributed by atoms with Gasteiger partial charge in [-0.15, -0.1) is 0 Å². The van der Waals surface area contributed by atoms with Crippen molar-refractivity contribution in [1.82, 2.24) is 20.9 Å². The molecule has 0 spiro atoms. The van der Waals surface area contributed by atoms with Gasteiger partial charge in [0, 0.05) is 45.2 Å². The van der Waals surface area contributed by atoms with Crippen LogP contribution in [0.3, 0.4) is 0 Å². The molecule has 0 bridgehead atoms. The van der Waals surface area contributed by atoms with E-state index < -0.39 is 0 Å². The molecule has 0 radical (unpaired) electrons. The normalized spacial score (nSPS) is 30.6. The van der Waals surface area contributed by atoms with E-state index in [-0.39, 0.29) is 17.9 Å². The Labute approximate surface area is 101 Å². The Bertz CT molecular complexity index is 300. The third-order valence-corrected chi connectivity index (χ3v) is 3.26. The van der Waals surface area contributed by atoms with Crippen LogP contribution < -0.4 is 16.0 Å². The molecule has 2 aliphatic heterocycles. The summed E-state index contributed by atoms with van der Waals surface area (Å²) in [4.78, 5) is 25.2. The Hall–Kier alpha value is -1.14. The molecule has 0 aromatic heterocycles. The van der Waals surface area contributed by atoms with Crippen molar-refractivity contribution in [2.75, 3.05) is 32.7 Å². The molecular weight excluding hydrogens is 220 g/mol. The molecule has 0 aliphatic carbocycles. The highest BCUT2D eigenvalue weighted by Gasteiger charge is 2.28. The zero-order valence-corrected chi connectivity index (χ0v) is 10.2. The predicted octanol–water partition coefficient (Wildman–Crippen LogP) is -1.72. The Morgan fingerprint density at radius 1 is 1.29 bits per heavy atom. The van der Waals surface area contributed by atoms with E-state index in [9.17, 15) is 9.59 Å². The molecule has 2 unspecified atom stereocenters. The van der Waals surface area contributed by atoms with Crippen molar-refractivity contribution in [2.45, 2.75) is 25.4 Å². The number of hydrogen-bond donors (Lipinski definition) is 3. The van der Waals surface area contributed by atoms with Crippen molar-refractivity contribution in [3.63, 3.8) is 0 Å². The summed E-state index contributed by atoms with van der Waals surface area (Å²) in [6, 6.07) is 0.255. The lowest BCUT2D eigenvalue weighted by molar-refractivity contribution is -0.133. The molecule has 6 heteroatoms. The van der Waals surface area contributed by atoms with Gasteiger partial charge in [-0.1, -0.05) is 0 Å². The maximum absolute atomic E-state index is 12.2. The van der Waals surface area contributed by atoms with E-state index in [2.05, 4.69) is 22.9 Å². The zero-order valence-electron chi connectivity index (χ0n) is 10.2. The summed E-state index contributed by atoms with van der Waals surface area (Å²) in [5.41, 5.74) is 0. The predicted molar refractivity (Wildman–Crippen MR) is 63.5 cm³/mol. The van der Waals surface area contributed by atoms with Gasteiger partial charge < -0.3 is 20.9 Å². The van der Waals surface area contributed by atoms with Crippen LogP contribution >= 0.6 is 0 Å². The van der Waals surface area contributed by atoms with Crippen molar-refractivity contribution < 1.29 is 9.59 Å². The van der Waals surface area contributed by atoms with Crippen LogP contribution in [-0.2, 0) is 9.59 Å². The second-order valence-corrected chi connectivity index (χ2v) is 4.70. The molecule has 2 amide bonds. The maximum atomic E-state index is 12.2. The summed E-state index contributed by atoms with van der Waals surface area (Å²) in [5.74, 6) is 0.129. The van der Waals surface area contributed by atoms with Crippen LogP contribution in [0.2, 0.25) is 0 Å². The fraction of sp³-hybridized carbons (Fsp3) is 0.818. The second-order valence-electron chi connectivity index (χ2n) is 4.70. The lowest BCUT2D eigenvalue weighted by Crippen LogP contribution is -2.59. The van der Waals surface area contributed by atoms with Gasteiger partial charge in [-0.05, 0) is 6.92 Å². The number of rotatable bonds is 1. The third kappa shape index (κ3) is 3.17. The lowest BCUT2D eigenvalue weighted by Gasteiger charge is -2.32. The minimum Gasteiger partial charge on any atom is -0.354 e. The van der Waals surface area contributed by atoms with E-state index in [1.165, 1.54) is 0 Å². The van der Waals surface area contributed by atoms with Gasteiger partial charge in [-0.3, -0.25) is 9.59 Å². The van der Waals surface area contributed by atoms with Crippen molar-refractivity contribution in [1.29, 1.82) is 0 Å². The molecule has 2 heterocycles. The third-order valence-electron chi connectivity index (χ3n) is 3.26. The van der Waals surface area contributed by atoms with Gasteiger partial charge in [-0.25, -0.2) is 0 Å². The number of carbonyl (C=O) groups excluding carboxylic acids is 2. The Kier molecular flexibility index (Phi) is 3.96. The number of nitrogens with zero attached hydrogens (tertiary/aromatic N) is 1. The van der Waals surface area contributed by atoms with Crippen molar-refractivity contribution in [3.8, 4) is 0 Å². The molecule has 3 N–H and O–H groups in total. The average Bonchev–Trinajstić information content (AvgIpc) is 2.54. The van der Waals surface area contributed by atoms with Gasteiger partial charge in [0.25, 0.3) is 0 Å². The van der Waals surface area contributed by atoms with Crippen molar-refractivity contribution in [2.24, 2.45) is 0 Å². The highest BCUT2D eigenvalue weighted by molar-refractivity contribution is 5.84. The molecule has 2 rings (SSSR count). The first kappa shape index (κ1) is 12.3. The van der Waals surface area contributed by atoms with Gasteiger partial charge in [0.2, 0.25) is 11.8 Å². The molecule has 96 valence electrons. The molecule has 2 saturated heterocycles. The lowest BCUT2D eigenvalue weighted by atomic mass is 10.1. The standard InChI is InChI=1S/C11H20N4O2/c1-8-6-14-9(7-13-8)11(17)15-4-2-10(16)12-3-5-15/h8-9,13-14H,2-7H2,1H3,(H,12,16). The molecule has 0 aromatic carbocycles. The first-order valence-electron chi connectivity index (χ1n) is 6.19. The van der Waals surface area contributed by atoms with Crippen LogP contribution in [0.4, 0.5) is 0 Å². The van der Waals surface area contributed by atoms with E-state index >= 15 is 0 Å². The van der Waals surface area contributed by atoms with Crippen LogP contribution in [0.1, 0.15) is 13.3 Å². The summed E-state index contributed by atoms with van der Waals surface area (Å²) in [6.45, 7) is 5.25. The summed E-state index contributed by atoms with van der Waals surface area (Å²) in [5, 5.41) is 9.29. The quantitative estimate of drug-likeness (QED) is 0.510. The van der Waals surface area contributed by atoms with E-state index in [0.29, 0.717) is 38.6 Å². The van der Waals surface area contributed by atoms with Gasteiger partial charge >= 0.3 is 0 Å². The van der Waals surface area contributed by atoms with Crippen LogP contribution in [0.15, 0.2) is 0 Å². The molecular formula is C11H20N4O2. The number of amides is 2. The SMILES string of the molecule is CC1CNC(C(=O)N2CCNC(=O)CC2)CN1. The minimum absolute atomic E-state index is 0.0312. The van der Waals surface area contributed by atoms with Crippen molar-refractivity contribution >= 4 is 11.8 Å². The number of piperazine rings is 1. The molecule has 2 aliphatic rings. The van der Waals surface area contributed by atoms with E-state index in [0.717, 1.165) is 6.54 Å². The van der Waals surface area contributed by atoms with Crippen LogP contribution in [0.5, 0.6) is 0 Å². The summed E-state index contributed by atoms with van der Waals surface area (Å²) in [7, 11) is 0. The smallest absolute Gasteiger partial charge is 0.241 e. The highest BCUT2D eigenvalue weighted by atomic mass is 16.2. The maximum Gasteiger partial charge on any atom is 0.241 e. The van der Waals surface area contributed by atoms with E-state index in [4.69, 9.17) is 0 Å². The summed E-state index contributed by atoms with van der Waals surface area (Å²) in [6.07, 6.45) is 0.405. The monoisotopic (exact) mass is 240 g/mol. The largest absolute Gasteiger partial charge is 0.354 e. The Morgan fingerprint density at radius 2 is 2.12 bits per heavy atom. The van der Waals surface area contributed by atoms with Gasteiger partial charge in [0.05, 0.1) is 6.04 Å². The molecule has 0 saturated carbocycles. The molecule has 2 atom stereocenters. The average molecular weight is 240 g/mol. The fourth-order valence-electron chi connectivity index (χ4n) is 2.16. The van der Waals surface area contributed by atoms with Gasteiger partial charge in [0.1, 0.15) is 0 Å². The van der Waals surface area contributed by atoms with Crippen LogP contribution in [0, 0.1) is 0 Å². The van der Waals surface area contributed by atoms with Gasteiger partial charge in [0.15, 0.2) is 0 Å². The zero-order chi connectivity index (χ0) is 12.3. The Morgan fingerprint density at radius 3 is 2.82 bits per heavy atom. The summed E-state index contributed by atoms with van der Waals surface area (Å²) < 4.78 is 0. The van der Waals surface area contributed by atoms with E-state index in [1.807, 2.05) is 0 Å². The first-order valence-corrected chi connectivity index (χ1v) is 6.19. The molecule has 2 fully saturated rings. The van der Waals surface area contributed by atoms with Crippen molar-refractivity contribution in [3.05, 3.63) is 0 Å². The molecule has 17 heavy (non-hydrogen) atoms. The van der Waals surface area contributed by atoms with Crippen LogP contribution in [-0.4, -0.2) is 61.5 Å². The highest BCUT2D eigenvalue weighted by Crippen LogP contribution is 2.03. The van der Waals surface area contributed by atoms with E-state index in [1.54, 1.807) is 4.90 Å². The van der Waals surface area contributed by atoms with Gasteiger partial charge in [-0.2, -0.15) is 0 Å². The van der Waals surface area contributed by atoms with Crippen LogP contribution in [0.25, 0.3) is 0 Å². The molecule has 0 aromatic rings.